The summed E-state index contributed by atoms with van der Waals surface area (Å²) in [5, 5.41) is 7.12. The molecule has 0 saturated carbocycles. The lowest BCUT2D eigenvalue weighted by Crippen LogP contribution is -2.21. The van der Waals surface area contributed by atoms with E-state index in [1.54, 1.807) is 0 Å². The molecular formula is C7H12F3NO3. The van der Waals surface area contributed by atoms with Gasteiger partial charge in [0.15, 0.2) is 0 Å². The van der Waals surface area contributed by atoms with Gasteiger partial charge in [-0.25, -0.2) is 4.79 Å². The van der Waals surface area contributed by atoms with Crippen LogP contribution in [-0.2, 0) is 9.59 Å². The number of rotatable bonds is 4. The first kappa shape index (κ1) is 15.4. The van der Waals surface area contributed by atoms with Crippen LogP contribution in [0.2, 0.25) is 0 Å². The highest BCUT2D eigenvalue weighted by Gasteiger charge is 2.38. The molecular weight excluding hydrogens is 203 g/mol. The van der Waals surface area contributed by atoms with E-state index < -0.39 is 12.1 Å². The first-order valence-electron chi connectivity index (χ1n) is 3.80. The lowest BCUT2D eigenvalue weighted by Gasteiger charge is -1.93. The Hall–Kier alpha value is -1.11. The van der Waals surface area contributed by atoms with E-state index in [1.165, 1.54) is 0 Å². The first-order chi connectivity index (χ1) is 6.36. The summed E-state index contributed by atoms with van der Waals surface area (Å²) in [7, 11) is 0. The zero-order valence-corrected chi connectivity index (χ0v) is 7.38. The molecule has 4 nitrogen and oxygen atoms in total. The minimum absolute atomic E-state index is 0.664. The highest BCUT2D eigenvalue weighted by Crippen LogP contribution is 2.13. The topological polar surface area (TPSA) is 80.4 Å². The highest BCUT2D eigenvalue weighted by atomic mass is 19.4. The molecule has 0 aromatic rings. The number of hydrogen-bond donors (Lipinski definition) is 2. The SMILES string of the molecule is NCCCCC=O.O=C(O)C(F)(F)F. The van der Waals surface area contributed by atoms with Gasteiger partial charge in [0.25, 0.3) is 0 Å². The fourth-order valence-electron chi connectivity index (χ4n) is 0.372. The van der Waals surface area contributed by atoms with Crippen molar-refractivity contribution in [1.82, 2.24) is 0 Å². The third kappa shape index (κ3) is 13.5. The van der Waals surface area contributed by atoms with Gasteiger partial charge in [-0.2, -0.15) is 13.2 Å². The molecule has 84 valence electrons. The first-order valence-corrected chi connectivity index (χ1v) is 3.80. The maximum atomic E-state index is 10.6. The molecule has 0 spiro atoms. The van der Waals surface area contributed by atoms with Crippen molar-refractivity contribution in [3.8, 4) is 0 Å². The van der Waals surface area contributed by atoms with Gasteiger partial charge in [-0.1, -0.05) is 0 Å². The molecule has 0 aromatic heterocycles. The minimum Gasteiger partial charge on any atom is -0.475 e. The fraction of sp³-hybridized carbons (Fsp3) is 0.714. The van der Waals surface area contributed by atoms with Crippen molar-refractivity contribution >= 4 is 12.3 Å². The van der Waals surface area contributed by atoms with Gasteiger partial charge >= 0.3 is 12.1 Å². The van der Waals surface area contributed by atoms with E-state index in [0.29, 0.717) is 13.0 Å². The second-order valence-corrected chi connectivity index (χ2v) is 2.25. The van der Waals surface area contributed by atoms with Crippen LogP contribution in [0.3, 0.4) is 0 Å². The smallest absolute Gasteiger partial charge is 0.475 e. The summed E-state index contributed by atoms with van der Waals surface area (Å²) < 4.78 is 31.7. The molecule has 0 heterocycles. The molecule has 0 rings (SSSR count). The van der Waals surface area contributed by atoms with Crippen LogP contribution in [0.4, 0.5) is 13.2 Å². The summed E-state index contributed by atoms with van der Waals surface area (Å²) in [5.41, 5.74) is 5.15. The van der Waals surface area contributed by atoms with Gasteiger partial charge in [-0.05, 0) is 19.4 Å². The molecule has 0 radical (unpaired) electrons. The van der Waals surface area contributed by atoms with E-state index in [9.17, 15) is 18.0 Å². The summed E-state index contributed by atoms with van der Waals surface area (Å²) in [4.78, 5) is 18.5. The third-order valence-corrected chi connectivity index (χ3v) is 1.02. The second-order valence-electron chi connectivity index (χ2n) is 2.25. The van der Waals surface area contributed by atoms with E-state index >= 15 is 0 Å². The lowest BCUT2D eigenvalue weighted by atomic mass is 10.2. The van der Waals surface area contributed by atoms with E-state index in [-0.39, 0.29) is 0 Å². The molecule has 14 heavy (non-hydrogen) atoms. The normalized spacial score (nSPS) is 10.0. The maximum Gasteiger partial charge on any atom is 0.490 e. The van der Waals surface area contributed by atoms with Crippen LogP contribution in [0, 0.1) is 0 Å². The number of alkyl halides is 3. The molecule has 0 aliphatic heterocycles. The Morgan fingerprint density at radius 1 is 1.36 bits per heavy atom. The van der Waals surface area contributed by atoms with Crippen molar-refractivity contribution in [1.29, 1.82) is 0 Å². The maximum absolute atomic E-state index is 10.6. The molecule has 0 bridgehead atoms. The summed E-state index contributed by atoms with van der Waals surface area (Å²) in [5.74, 6) is -2.76. The second kappa shape index (κ2) is 8.49. The van der Waals surface area contributed by atoms with Crippen molar-refractivity contribution in [2.45, 2.75) is 25.4 Å². The fourth-order valence-corrected chi connectivity index (χ4v) is 0.372. The number of nitrogens with two attached hydrogens (primary N) is 1. The molecule has 0 aromatic carbocycles. The van der Waals surface area contributed by atoms with Gasteiger partial charge in [0.1, 0.15) is 6.29 Å². The standard InChI is InChI=1S/C5H11NO.C2HF3O2/c6-4-2-1-3-5-7;3-2(4,5)1(6)7/h5H,1-4,6H2;(H,6,7). The summed E-state index contributed by atoms with van der Waals surface area (Å²) in [6, 6.07) is 0. The van der Waals surface area contributed by atoms with Crippen molar-refractivity contribution in [3.63, 3.8) is 0 Å². The lowest BCUT2D eigenvalue weighted by molar-refractivity contribution is -0.192. The molecule has 0 fully saturated rings. The van der Waals surface area contributed by atoms with E-state index in [1.807, 2.05) is 0 Å². The molecule has 0 saturated heterocycles. The van der Waals surface area contributed by atoms with E-state index in [4.69, 9.17) is 15.6 Å². The average Bonchev–Trinajstić information content (AvgIpc) is 2.05. The van der Waals surface area contributed by atoms with Crippen molar-refractivity contribution in [2.24, 2.45) is 5.73 Å². The number of carbonyl (C=O) groups excluding carboxylic acids is 1. The summed E-state index contributed by atoms with van der Waals surface area (Å²) >= 11 is 0. The van der Waals surface area contributed by atoms with Crippen LogP contribution in [0.1, 0.15) is 19.3 Å². The highest BCUT2D eigenvalue weighted by molar-refractivity contribution is 5.73. The zero-order valence-electron chi connectivity index (χ0n) is 7.38. The van der Waals surface area contributed by atoms with Crippen LogP contribution in [0.15, 0.2) is 0 Å². The Kier molecular flexibility index (Phi) is 9.31. The van der Waals surface area contributed by atoms with E-state index in [2.05, 4.69) is 0 Å². The van der Waals surface area contributed by atoms with Crippen LogP contribution in [-0.4, -0.2) is 30.1 Å². The third-order valence-electron chi connectivity index (χ3n) is 1.02. The summed E-state index contributed by atoms with van der Waals surface area (Å²) in [6.07, 6.45) is -1.58. The van der Waals surface area contributed by atoms with Crippen molar-refractivity contribution in [2.75, 3.05) is 6.54 Å². The van der Waals surface area contributed by atoms with E-state index in [0.717, 1.165) is 19.1 Å². The number of aldehydes is 1. The Labute approximate surface area is 78.9 Å². The number of carbonyl (C=O) groups is 2. The number of halogens is 3. The average molecular weight is 215 g/mol. The molecule has 7 heteroatoms. The van der Waals surface area contributed by atoms with Crippen LogP contribution >= 0.6 is 0 Å². The Morgan fingerprint density at radius 3 is 2.00 bits per heavy atom. The number of aliphatic carboxylic acids is 1. The zero-order chi connectivity index (χ0) is 11.6. The molecule has 3 N–H and O–H groups in total. The molecule has 0 unspecified atom stereocenters. The Balaban J connectivity index is 0. The number of hydrogen-bond acceptors (Lipinski definition) is 3. The van der Waals surface area contributed by atoms with Gasteiger partial charge < -0.3 is 15.6 Å². The van der Waals surface area contributed by atoms with Crippen molar-refractivity contribution in [3.05, 3.63) is 0 Å². The predicted molar refractivity (Wildman–Crippen MR) is 42.7 cm³/mol. The van der Waals surface area contributed by atoms with Crippen LogP contribution < -0.4 is 5.73 Å². The number of carboxylic acids is 1. The predicted octanol–water partition coefficient (Wildman–Crippen LogP) is 0.948. The molecule has 0 aliphatic rings. The number of carboxylic acid groups (broad SMARTS) is 1. The monoisotopic (exact) mass is 215 g/mol. The van der Waals surface area contributed by atoms with Gasteiger partial charge in [0.05, 0.1) is 0 Å². The molecule has 0 aliphatic carbocycles. The van der Waals surface area contributed by atoms with Crippen LogP contribution in [0.25, 0.3) is 0 Å². The Morgan fingerprint density at radius 2 is 1.79 bits per heavy atom. The van der Waals surface area contributed by atoms with Gasteiger partial charge in [-0.3, -0.25) is 0 Å². The molecule has 0 atom stereocenters. The van der Waals surface area contributed by atoms with Gasteiger partial charge in [0, 0.05) is 6.42 Å². The minimum atomic E-state index is -5.08. The van der Waals surface area contributed by atoms with Crippen molar-refractivity contribution < 1.29 is 27.9 Å². The molecule has 0 amide bonds. The largest absolute Gasteiger partial charge is 0.490 e. The number of unbranched alkanes of at least 4 members (excludes halogenated alkanes) is 2. The van der Waals surface area contributed by atoms with Gasteiger partial charge in [-0.15, -0.1) is 0 Å². The summed E-state index contributed by atoms with van der Waals surface area (Å²) in [6.45, 7) is 0.702. The van der Waals surface area contributed by atoms with Crippen LogP contribution in [0.5, 0.6) is 0 Å². The quantitative estimate of drug-likeness (QED) is 0.540. The van der Waals surface area contributed by atoms with Gasteiger partial charge in [0.2, 0.25) is 0 Å². The Bertz CT molecular complexity index is 170.